The molecule has 1 heterocycles. The third-order valence-corrected chi connectivity index (χ3v) is 4.38. The predicted molar refractivity (Wildman–Crippen MR) is 101 cm³/mol. The molecule has 6 nitrogen and oxygen atoms in total. The summed E-state index contributed by atoms with van der Waals surface area (Å²) in [6.07, 6.45) is 1.44. The molecule has 27 heavy (non-hydrogen) atoms. The molecular formula is C20H17ClN2O4. The first-order chi connectivity index (χ1) is 12.9. The van der Waals surface area contributed by atoms with E-state index in [4.69, 9.17) is 16.3 Å². The average Bonchev–Trinajstić information content (AvgIpc) is 2.67. The van der Waals surface area contributed by atoms with E-state index >= 15 is 0 Å². The van der Waals surface area contributed by atoms with E-state index in [2.05, 4.69) is 0 Å². The minimum atomic E-state index is -0.660. The fourth-order valence-corrected chi connectivity index (χ4v) is 2.86. The van der Waals surface area contributed by atoms with Crippen LogP contribution in [0.1, 0.15) is 11.1 Å². The van der Waals surface area contributed by atoms with Crippen LogP contribution in [0.25, 0.3) is 6.08 Å². The number of hydrogen-bond donors (Lipinski definition) is 0. The third kappa shape index (κ3) is 3.85. The quantitative estimate of drug-likeness (QED) is 0.599. The van der Waals surface area contributed by atoms with Gasteiger partial charge < -0.3 is 4.74 Å². The molecule has 1 aliphatic rings. The van der Waals surface area contributed by atoms with Crippen molar-refractivity contribution in [3.63, 3.8) is 0 Å². The molecule has 2 aromatic rings. The fourth-order valence-electron chi connectivity index (χ4n) is 2.65. The van der Waals surface area contributed by atoms with Crippen LogP contribution in [-0.2, 0) is 16.2 Å². The van der Waals surface area contributed by atoms with Crippen molar-refractivity contribution in [1.82, 2.24) is 9.80 Å². The number of amides is 4. The lowest BCUT2D eigenvalue weighted by Gasteiger charge is -2.29. The molecule has 3 rings (SSSR count). The number of barbiturate groups is 1. The van der Waals surface area contributed by atoms with Crippen LogP contribution in [0.5, 0.6) is 5.75 Å². The van der Waals surface area contributed by atoms with Crippen LogP contribution in [-0.4, -0.2) is 41.7 Å². The Labute approximate surface area is 161 Å². The number of likely N-dealkylation sites (N-methyl/N-ethyl adjacent to an activating group) is 2. The molecule has 7 heteroatoms. The Kier molecular flexibility index (Phi) is 5.28. The molecule has 4 amide bonds. The van der Waals surface area contributed by atoms with Crippen LogP contribution in [0.4, 0.5) is 4.79 Å². The summed E-state index contributed by atoms with van der Waals surface area (Å²) in [6, 6.07) is 13.7. The average molecular weight is 385 g/mol. The number of benzene rings is 2. The molecule has 0 radical (unpaired) electrons. The molecule has 1 aliphatic heterocycles. The molecule has 138 valence electrons. The molecule has 0 atom stereocenters. The molecular weight excluding hydrogens is 368 g/mol. The SMILES string of the molecule is CN1C(=O)C(=Cc2ccccc2OCc2cccc(Cl)c2)C(=O)N(C)C1=O. The van der Waals surface area contributed by atoms with E-state index < -0.39 is 17.8 Å². The van der Waals surface area contributed by atoms with Crippen molar-refractivity contribution in [3.8, 4) is 5.75 Å². The Hall–Kier alpha value is -3.12. The van der Waals surface area contributed by atoms with Crippen LogP contribution in [0.2, 0.25) is 5.02 Å². The predicted octanol–water partition coefficient (Wildman–Crippen LogP) is 3.35. The van der Waals surface area contributed by atoms with Crippen molar-refractivity contribution in [2.24, 2.45) is 0 Å². The summed E-state index contributed by atoms with van der Waals surface area (Å²) in [7, 11) is 2.67. The number of carbonyl (C=O) groups is 3. The van der Waals surface area contributed by atoms with E-state index in [0.29, 0.717) is 16.3 Å². The molecule has 0 spiro atoms. The summed E-state index contributed by atoms with van der Waals surface area (Å²) >= 11 is 5.98. The number of ether oxygens (including phenoxy) is 1. The Bertz CT molecular complexity index is 929. The first-order valence-corrected chi connectivity index (χ1v) is 8.54. The second kappa shape index (κ2) is 7.63. The number of urea groups is 1. The largest absolute Gasteiger partial charge is 0.488 e. The topological polar surface area (TPSA) is 66.9 Å². The summed E-state index contributed by atoms with van der Waals surface area (Å²) in [5.41, 5.74) is 1.35. The van der Waals surface area contributed by atoms with Gasteiger partial charge in [-0.25, -0.2) is 4.79 Å². The second-order valence-electron chi connectivity index (χ2n) is 6.03. The van der Waals surface area contributed by atoms with Crippen LogP contribution < -0.4 is 4.74 Å². The highest BCUT2D eigenvalue weighted by Gasteiger charge is 2.37. The number of para-hydroxylation sites is 1. The monoisotopic (exact) mass is 384 g/mol. The van der Waals surface area contributed by atoms with Crippen LogP contribution in [0.3, 0.4) is 0 Å². The summed E-state index contributed by atoms with van der Waals surface area (Å²) in [4.78, 5) is 38.4. The molecule has 1 saturated heterocycles. The molecule has 0 N–H and O–H groups in total. The summed E-state index contributed by atoms with van der Waals surface area (Å²) in [6.45, 7) is 0.279. The van der Waals surface area contributed by atoms with Gasteiger partial charge in [0.1, 0.15) is 17.9 Å². The van der Waals surface area contributed by atoms with Gasteiger partial charge in [-0.2, -0.15) is 0 Å². The Morgan fingerprint density at radius 2 is 1.63 bits per heavy atom. The van der Waals surface area contributed by atoms with Gasteiger partial charge in [0.2, 0.25) is 0 Å². The third-order valence-electron chi connectivity index (χ3n) is 4.15. The lowest BCUT2D eigenvalue weighted by molar-refractivity contribution is -0.134. The number of halogens is 1. The van der Waals surface area contributed by atoms with Crippen molar-refractivity contribution in [3.05, 3.63) is 70.3 Å². The maximum Gasteiger partial charge on any atom is 0.333 e. The molecule has 0 bridgehead atoms. The number of carbonyl (C=O) groups excluding carboxylic acids is 3. The van der Waals surface area contributed by atoms with E-state index in [1.165, 1.54) is 20.2 Å². The van der Waals surface area contributed by atoms with Gasteiger partial charge in [0.15, 0.2) is 0 Å². The van der Waals surface area contributed by atoms with Gasteiger partial charge in [-0.3, -0.25) is 19.4 Å². The van der Waals surface area contributed by atoms with E-state index in [1.807, 2.05) is 12.1 Å². The van der Waals surface area contributed by atoms with Crippen molar-refractivity contribution in [2.45, 2.75) is 6.61 Å². The van der Waals surface area contributed by atoms with E-state index in [-0.39, 0.29) is 12.2 Å². The summed E-state index contributed by atoms with van der Waals surface area (Å²) in [5.74, 6) is -0.784. The van der Waals surface area contributed by atoms with Crippen molar-refractivity contribution in [1.29, 1.82) is 0 Å². The second-order valence-corrected chi connectivity index (χ2v) is 6.46. The summed E-state index contributed by atoms with van der Waals surface area (Å²) < 4.78 is 5.85. The van der Waals surface area contributed by atoms with Gasteiger partial charge in [-0.05, 0) is 29.8 Å². The zero-order valence-corrected chi connectivity index (χ0v) is 15.6. The standard InChI is InChI=1S/C20H17ClN2O4/c1-22-18(24)16(19(25)23(2)20(22)26)11-14-7-3-4-9-17(14)27-12-13-6-5-8-15(21)10-13/h3-11H,12H2,1-2H3. The Morgan fingerprint density at radius 3 is 2.30 bits per heavy atom. The van der Waals surface area contributed by atoms with Crippen LogP contribution in [0.15, 0.2) is 54.1 Å². The van der Waals surface area contributed by atoms with Crippen molar-refractivity contribution in [2.75, 3.05) is 14.1 Å². The maximum atomic E-state index is 12.4. The number of nitrogens with zero attached hydrogens (tertiary/aromatic N) is 2. The van der Waals surface area contributed by atoms with Gasteiger partial charge in [0.05, 0.1) is 0 Å². The summed E-state index contributed by atoms with van der Waals surface area (Å²) in [5, 5.41) is 0.612. The van der Waals surface area contributed by atoms with Crippen molar-refractivity contribution >= 4 is 35.5 Å². The maximum absolute atomic E-state index is 12.4. The minimum Gasteiger partial charge on any atom is -0.488 e. The fraction of sp³-hybridized carbons (Fsp3) is 0.150. The first kappa shape index (κ1) is 18.7. The zero-order chi connectivity index (χ0) is 19.6. The zero-order valence-electron chi connectivity index (χ0n) is 14.8. The highest BCUT2D eigenvalue weighted by atomic mass is 35.5. The van der Waals surface area contributed by atoms with E-state index in [0.717, 1.165) is 15.4 Å². The molecule has 0 unspecified atom stereocenters. The molecule has 0 aromatic heterocycles. The smallest absolute Gasteiger partial charge is 0.333 e. The number of rotatable bonds is 4. The normalized spacial score (nSPS) is 14.6. The Balaban J connectivity index is 1.89. The highest BCUT2D eigenvalue weighted by molar-refractivity contribution is 6.31. The van der Waals surface area contributed by atoms with E-state index in [9.17, 15) is 14.4 Å². The first-order valence-electron chi connectivity index (χ1n) is 8.16. The number of imide groups is 2. The Morgan fingerprint density at radius 1 is 0.963 bits per heavy atom. The number of hydrogen-bond acceptors (Lipinski definition) is 4. The molecule has 0 saturated carbocycles. The molecule has 1 fully saturated rings. The molecule has 2 aromatic carbocycles. The minimum absolute atomic E-state index is 0.0987. The molecule has 0 aliphatic carbocycles. The highest BCUT2D eigenvalue weighted by Crippen LogP contribution is 2.25. The van der Waals surface area contributed by atoms with Crippen molar-refractivity contribution < 1.29 is 19.1 Å². The van der Waals surface area contributed by atoms with Gasteiger partial charge >= 0.3 is 6.03 Å². The lowest BCUT2D eigenvalue weighted by atomic mass is 10.1. The van der Waals surface area contributed by atoms with Crippen LogP contribution in [0, 0.1) is 0 Å². The van der Waals surface area contributed by atoms with Gasteiger partial charge in [-0.15, -0.1) is 0 Å². The van der Waals surface area contributed by atoms with Gasteiger partial charge in [-0.1, -0.05) is 41.9 Å². The lowest BCUT2D eigenvalue weighted by Crippen LogP contribution is -2.52. The van der Waals surface area contributed by atoms with Crippen LogP contribution >= 0.6 is 11.6 Å². The van der Waals surface area contributed by atoms with E-state index in [1.54, 1.807) is 36.4 Å². The van der Waals surface area contributed by atoms with Gasteiger partial charge in [0.25, 0.3) is 11.8 Å². The van der Waals surface area contributed by atoms with Gasteiger partial charge in [0, 0.05) is 24.7 Å².